The number of hydrogen-bond donors (Lipinski definition) is 2. The van der Waals surface area contributed by atoms with Crippen molar-refractivity contribution in [2.45, 2.75) is 13.3 Å². The normalized spacial score (nSPS) is 10.5. The van der Waals surface area contributed by atoms with Crippen molar-refractivity contribution in [2.24, 2.45) is 0 Å². The highest BCUT2D eigenvalue weighted by atomic mass is 79.9. The Hall–Kier alpha value is -1.82. The molecular formula is C13H13BrN2O3. The number of aromatic nitrogens is 2. The molecule has 2 rings (SSSR count). The van der Waals surface area contributed by atoms with E-state index < -0.39 is 5.97 Å². The van der Waals surface area contributed by atoms with Crippen LogP contribution in [-0.2, 0) is 6.42 Å². The molecule has 1 aromatic carbocycles. The summed E-state index contributed by atoms with van der Waals surface area (Å²) in [5.41, 5.74) is 2.47. The second-order valence-corrected chi connectivity index (χ2v) is 4.84. The highest BCUT2D eigenvalue weighted by Crippen LogP contribution is 2.37. The highest BCUT2D eigenvalue weighted by molar-refractivity contribution is 9.10. The number of aromatic carboxylic acids is 1. The molecule has 2 aromatic rings. The van der Waals surface area contributed by atoms with E-state index in [2.05, 4.69) is 26.1 Å². The van der Waals surface area contributed by atoms with E-state index in [0.717, 1.165) is 22.0 Å². The van der Waals surface area contributed by atoms with Crippen molar-refractivity contribution in [3.05, 3.63) is 33.9 Å². The van der Waals surface area contributed by atoms with E-state index >= 15 is 0 Å². The van der Waals surface area contributed by atoms with Crippen LogP contribution in [0.3, 0.4) is 0 Å². The van der Waals surface area contributed by atoms with Crippen molar-refractivity contribution in [1.29, 1.82) is 0 Å². The van der Waals surface area contributed by atoms with Gasteiger partial charge in [-0.1, -0.05) is 6.92 Å². The lowest BCUT2D eigenvalue weighted by Crippen LogP contribution is -1.95. The number of rotatable bonds is 4. The number of ether oxygens (including phenoxy) is 1. The summed E-state index contributed by atoms with van der Waals surface area (Å²) in [4.78, 5) is 10.9. The van der Waals surface area contributed by atoms with Crippen LogP contribution in [0.2, 0.25) is 0 Å². The van der Waals surface area contributed by atoms with Crippen molar-refractivity contribution >= 4 is 21.9 Å². The van der Waals surface area contributed by atoms with Gasteiger partial charge in [-0.15, -0.1) is 0 Å². The molecule has 0 bridgehead atoms. The van der Waals surface area contributed by atoms with Gasteiger partial charge in [-0.2, -0.15) is 5.10 Å². The Bertz CT molecular complexity index is 622. The van der Waals surface area contributed by atoms with Gasteiger partial charge < -0.3 is 9.84 Å². The number of hydrogen-bond acceptors (Lipinski definition) is 3. The number of methoxy groups -OCH3 is 1. The number of H-pyrrole nitrogens is 1. The lowest BCUT2D eigenvalue weighted by molar-refractivity contribution is 0.0690. The molecule has 0 aliphatic carbocycles. The van der Waals surface area contributed by atoms with Crippen molar-refractivity contribution in [3.63, 3.8) is 0 Å². The Morgan fingerprint density at radius 1 is 1.47 bits per heavy atom. The predicted octanol–water partition coefficient (Wildman–Crippen LogP) is 3.11. The monoisotopic (exact) mass is 324 g/mol. The summed E-state index contributed by atoms with van der Waals surface area (Å²) >= 11 is 3.45. The Morgan fingerprint density at radius 2 is 2.21 bits per heavy atom. The second-order valence-electron chi connectivity index (χ2n) is 3.98. The molecule has 0 radical (unpaired) electrons. The van der Waals surface area contributed by atoms with Crippen LogP contribution in [0.1, 0.15) is 23.0 Å². The zero-order valence-corrected chi connectivity index (χ0v) is 12.1. The largest absolute Gasteiger partial charge is 0.495 e. The summed E-state index contributed by atoms with van der Waals surface area (Å²) in [6, 6.07) is 5.42. The SMILES string of the molecule is CCc1cc(Br)c(OC)c(-c2cc(C(=O)O)[nH]n2)c1. The van der Waals surface area contributed by atoms with E-state index in [0.29, 0.717) is 11.4 Å². The maximum absolute atomic E-state index is 10.9. The van der Waals surface area contributed by atoms with E-state index in [1.165, 1.54) is 6.07 Å². The van der Waals surface area contributed by atoms with Gasteiger partial charge in [0.15, 0.2) is 0 Å². The lowest BCUT2D eigenvalue weighted by atomic mass is 10.0. The minimum absolute atomic E-state index is 0.0510. The predicted molar refractivity (Wildman–Crippen MR) is 74.6 cm³/mol. The third-order valence-electron chi connectivity index (χ3n) is 2.80. The van der Waals surface area contributed by atoms with Crippen molar-refractivity contribution in [1.82, 2.24) is 10.2 Å². The van der Waals surface area contributed by atoms with E-state index in [9.17, 15) is 4.79 Å². The van der Waals surface area contributed by atoms with Crippen LogP contribution < -0.4 is 4.74 Å². The summed E-state index contributed by atoms with van der Waals surface area (Å²) in [5, 5.41) is 15.4. The summed E-state index contributed by atoms with van der Waals surface area (Å²) < 4.78 is 6.17. The van der Waals surface area contributed by atoms with E-state index in [4.69, 9.17) is 9.84 Å². The van der Waals surface area contributed by atoms with Crippen LogP contribution in [0, 0.1) is 0 Å². The summed E-state index contributed by atoms with van der Waals surface area (Å²) in [6.07, 6.45) is 0.867. The second kappa shape index (κ2) is 5.44. The van der Waals surface area contributed by atoms with Gasteiger partial charge in [0, 0.05) is 5.56 Å². The molecule has 0 aliphatic rings. The zero-order chi connectivity index (χ0) is 14.0. The Balaban J connectivity index is 2.58. The Kier molecular flexibility index (Phi) is 3.90. The number of nitrogens with zero attached hydrogens (tertiary/aromatic N) is 1. The lowest BCUT2D eigenvalue weighted by Gasteiger charge is -2.10. The molecule has 19 heavy (non-hydrogen) atoms. The number of halogens is 1. The van der Waals surface area contributed by atoms with Gasteiger partial charge in [0.1, 0.15) is 11.4 Å². The molecule has 1 aromatic heterocycles. The molecule has 0 spiro atoms. The van der Waals surface area contributed by atoms with Gasteiger partial charge in [-0.05, 0) is 46.1 Å². The van der Waals surface area contributed by atoms with Crippen LogP contribution in [0.15, 0.2) is 22.7 Å². The van der Waals surface area contributed by atoms with Crippen LogP contribution in [0.5, 0.6) is 5.75 Å². The molecule has 0 amide bonds. The van der Waals surface area contributed by atoms with Gasteiger partial charge in [-0.25, -0.2) is 4.79 Å². The van der Waals surface area contributed by atoms with Crippen molar-refractivity contribution in [3.8, 4) is 17.0 Å². The van der Waals surface area contributed by atoms with E-state index in [1.807, 2.05) is 19.1 Å². The van der Waals surface area contributed by atoms with Crippen LogP contribution in [0.4, 0.5) is 0 Å². The maximum Gasteiger partial charge on any atom is 0.353 e. The fraction of sp³-hybridized carbons (Fsp3) is 0.231. The third-order valence-corrected chi connectivity index (χ3v) is 3.39. The van der Waals surface area contributed by atoms with Crippen LogP contribution >= 0.6 is 15.9 Å². The van der Waals surface area contributed by atoms with Crippen molar-refractivity contribution in [2.75, 3.05) is 7.11 Å². The average molecular weight is 325 g/mol. The molecule has 6 heteroatoms. The summed E-state index contributed by atoms with van der Waals surface area (Å²) in [5.74, 6) is -0.399. The first kappa shape index (κ1) is 13.6. The number of nitrogens with one attached hydrogen (secondary N) is 1. The number of carboxylic acid groups (broad SMARTS) is 1. The first-order valence-electron chi connectivity index (χ1n) is 5.72. The molecule has 0 atom stereocenters. The summed E-state index contributed by atoms with van der Waals surface area (Å²) in [6.45, 7) is 2.05. The fourth-order valence-corrected chi connectivity index (χ4v) is 2.49. The minimum Gasteiger partial charge on any atom is -0.495 e. The first-order chi connectivity index (χ1) is 9.06. The number of aromatic amines is 1. The van der Waals surface area contributed by atoms with Crippen LogP contribution in [0.25, 0.3) is 11.3 Å². The molecule has 0 saturated carbocycles. The van der Waals surface area contributed by atoms with Crippen molar-refractivity contribution < 1.29 is 14.6 Å². The zero-order valence-electron chi connectivity index (χ0n) is 10.5. The number of carbonyl (C=O) groups is 1. The smallest absolute Gasteiger partial charge is 0.353 e. The summed E-state index contributed by atoms with van der Waals surface area (Å²) in [7, 11) is 1.57. The quantitative estimate of drug-likeness (QED) is 0.906. The molecule has 1 heterocycles. The first-order valence-corrected chi connectivity index (χ1v) is 6.51. The molecule has 2 N–H and O–H groups in total. The standard InChI is InChI=1S/C13H13BrN2O3/c1-3-7-4-8(12(19-2)9(14)5-7)10-6-11(13(17)18)16-15-10/h4-6H,3H2,1-2H3,(H,15,16)(H,17,18). The minimum atomic E-state index is -1.04. The third kappa shape index (κ3) is 2.63. The maximum atomic E-state index is 10.9. The molecule has 5 nitrogen and oxygen atoms in total. The topological polar surface area (TPSA) is 75.2 Å². The fourth-order valence-electron chi connectivity index (χ4n) is 1.82. The van der Waals surface area contributed by atoms with Gasteiger partial charge in [0.05, 0.1) is 17.3 Å². The number of aryl methyl sites for hydroxylation is 1. The van der Waals surface area contributed by atoms with Gasteiger partial charge in [0.2, 0.25) is 0 Å². The van der Waals surface area contributed by atoms with Gasteiger partial charge in [0.25, 0.3) is 0 Å². The van der Waals surface area contributed by atoms with Gasteiger partial charge >= 0.3 is 5.97 Å². The van der Waals surface area contributed by atoms with Crippen LogP contribution in [-0.4, -0.2) is 28.4 Å². The molecular weight excluding hydrogens is 312 g/mol. The number of benzene rings is 1. The van der Waals surface area contributed by atoms with E-state index in [-0.39, 0.29) is 5.69 Å². The number of carboxylic acids is 1. The van der Waals surface area contributed by atoms with Gasteiger partial charge in [-0.3, -0.25) is 5.10 Å². The highest BCUT2D eigenvalue weighted by Gasteiger charge is 2.16. The molecule has 0 saturated heterocycles. The molecule has 0 unspecified atom stereocenters. The molecule has 0 aliphatic heterocycles. The van der Waals surface area contributed by atoms with E-state index in [1.54, 1.807) is 7.11 Å². The Morgan fingerprint density at radius 3 is 2.74 bits per heavy atom. The molecule has 0 fully saturated rings. The average Bonchev–Trinajstić information content (AvgIpc) is 2.87. The Labute approximate surface area is 118 Å². The molecule has 100 valence electrons.